The number of hydrogen-bond donors (Lipinski definition) is 2. The minimum absolute atomic E-state index is 0.0775. The molecular weight excluding hydrogens is 269 g/mol. The van der Waals surface area contributed by atoms with Crippen LogP contribution in [0.15, 0.2) is 18.2 Å². The van der Waals surface area contributed by atoms with E-state index in [0.717, 1.165) is 16.5 Å². The summed E-state index contributed by atoms with van der Waals surface area (Å²) in [6.45, 7) is 6.29. The number of nitrogens with zero attached hydrogens (tertiary/aromatic N) is 1. The van der Waals surface area contributed by atoms with Gasteiger partial charge in [-0.25, -0.2) is 10.8 Å². The second-order valence-corrected chi connectivity index (χ2v) is 6.08. The number of anilines is 1. The highest BCUT2D eigenvalue weighted by molar-refractivity contribution is 6.38. The molecule has 0 spiro atoms. The predicted octanol–water partition coefficient (Wildman–Crippen LogP) is 4.12. The number of fused-ring (bicyclic) bond motifs is 1. The van der Waals surface area contributed by atoms with Gasteiger partial charge < -0.3 is 5.43 Å². The van der Waals surface area contributed by atoms with E-state index in [2.05, 4.69) is 31.2 Å². The van der Waals surface area contributed by atoms with Crippen LogP contribution in [0.1, 0.15) is 26.3 Å². The standard InChI is InChI=1S/C13H15Cl2N3/c1-13(2,3)9-6-8-10(15)4-7(14)5-11(8)17-12(9)18-16/h4-6H,16H2,1-3H3,(H,17,18). The number of aromatic nitrogens is 1. The first kappa shape index (κ1) is 13.4. The monoisotopic (exact) mass is 283 g/mol. The average Bonchev–Trinajstić information content (AvgIpc) is 2.25. The van der Waals surface area contributed by atoms with Gasteiger partial charge in [-0.15, -0.1) is 0 Å². The number of pyridine rings is 1. The zero-order chi connectivity index (χ0) is 13.5. The van der Waals surface area contributed by atoms with Crippen molar-refractivity contribution in [3.8, 4) is 0 Å². The number of rotatable bonds is 1. The summed E-state index contributed by atoms with van der Waals surface area (Å²) in [5.74, 6) is 6.18. The maximum atomic E-state index is 6.20. The summed E-state index contributed by atoms with van der Waals surface area (Å²) in [7, 11) is 0. The smallest absolute Gasteiger partial charge is 0.144 e. The Morgan fingerprint density at radius 3 is 2.39 bits per heavy atom. The molecule has 0 amide bonds. The molecule has 3 N–H and O–H groups in total. The topological polar surface area (TPSA) is 50.9 Å². The minimum Gasteiger partial charge on any atom is -0.308 e. The van der Waals surface area contributed by atoms with Gasteiger partial charge in [-0.3, -0.25) is 0 Å². The van der Waals surface area contributed by atoms with Crippen molar-refractivity contribution in [3.05, 3.63) is 33.8 Å². The number of benzene rings is 1. The highest BCUT2D eigenvalue weighted by Crippen LogP contribution is 2.34. The Hall–Kier alpha value is -1.03. The van der Waals surface area contributed by atoms with Crippen LogP contribution in [0.4, 0.5) is 5.82 Å². The van der Waals surface area contributed by atoms with E-state index < -0.39 is 0 Å². The maximum Gasteiger partial charge on any atom is 0.144 e. The van der Waals surface area contributed by atoms with Gasteiger partial charge in [0.15, 0.2) is 0 Å². The summed E-state index contributed by atoms with van der Waals surface area (Å²) >= 11 is 12.2. The third-order valence-electron chi connectivity index (χ3n) is 2.79. The molecule has 0 aliphatic rings. The van der Waals surface area contributed by atoms with Crippen molar-refractivity contribution in [3.63, 3.8) is 0 Å². The molecule has 0 atom stereocenters. The molecule has 0 fully saturated rings. The number of halogens is 2. The maximum absolute atomic E-state index is 6.20. The Morgan fingerprint density at radius 1 is 1.17 bits per heavy atom. The second kappa shape index (κ2) is 4.57. The minimum atomic E-state index is -0.0775. The first-order valence-electron chi connectivity index (χ1n) is 5.60. The fourth-order valence-electron chi connectivity index (χ4n) is 1.88. The van der Waals surface area contributed by atoms with E-state index in [1.54, 1.807) is 12.1 Å². The molecule has 0 saturated carbocycles. The van der Waals surface area contributed by atoms with Crippen molar-refractivity contribution < 1.29 is 0 Å². The molecule has 2 aromatic rings. The summed E-state index contributed by atoms with van der Waals surface area (Å²) in [5, 5.41) is 2.04. The molecule has 0 aliphatic carbocycles. The largest absolute Gasteiger partial charge is 0.308 e. The molecule has 3 nitrogen and oxygen atoms in total. The van der Waals surface area contributed by atoms with Crippen molar-refractivity contribution in [2.75, 3.05) is 5.43 Å². The van der Waals surface area contributed by atoms with E-state index in [0.29, 0.717) is 15.9 Å². The fourth-order valence-corrected chi connectivity index (χ4v) is 2.42. The Bertz CT molecular complexity index is 603. The molecular formula is C13H15Cl2N3. The zero-order valence-electron chi connectivity index (χ0n) is 10.5. The summed E-state index contributed by atoms with van der Waals surface area (Å²) in [5.41, 5.74) is 4.30. The molecule has 1 heterocycles. The van der Waals surface area contributed by atoms with Crippen LogP contribution >= 0.6 is 23.2 Å². The Morgan fingerprint density at radius 2 is 1.83 bits per heavy atom. The molecule has 1 aromatic carbocycles. The molecule has 18 heavy (non-hydrogen) atoms. The molecule has 0 aliphatic heterocycles. The molecule has 2 rings (SSSR count). The van der Waals surface area contributed by atoms with Crippen molar-refractivity contribution in [2.45, 2.75) is 26.2 Å². The Balaban J connectivity index is 2.82. The lowest BCUT2D eigenvalue weighted by Gasteiger charge is -2.22. The number of hydrogen-bond acceptors (Lipinski definition) is 3. The van der Waals surface area contributed by atoms with Gasteiger partial charge in [0.25, 0.3) is 0 Å². The highest BCUT2D eigenvalue weighted by Gasteiger charge is 2.20. The van der Waals surface area contributed by atoms with E-state index >= 15 is 0 Å². The quantitative estimate of drug-likeness (QED) is 0.611. The van der Waals surface area contributed by atoms with E-state index in [9.17, 15) is 0 Å². The van der Waals surface area contributed by atoms with Gasteiger partial charge in [0.05, 0.1) is 10.5 Å². The van der Waals surface area contributed by atoms with Gasteiger partial charge in [0, 0.05) is 16.0 Å². The zero-order valence-corrected chi connectivity index (χ0v) is 12.0. The van der Waals surface area contributed by atoms with E-state index in [1.807, 2.05) is 6.07 Å². The first-order chi connectivity index (χ1) is 8.32. The average molecular weight is 284 g/mol. The van der Waals surface area contributed by atoms with Gasteiger partial charge in [0.2, 0.25) is 0 Å². The SMILES string of the molecule is CC(C)(C)c1cc2c(Cl)cc(Cl)cc2nc1NN. The Kier molecular flexibility index (Phi) is 3.41. The summed E-state index contributed by atoms with van der Waals surface area (Å²) < 4.78 is 0. The number of nitrogens with two attached hydrogens (primary N) is 1. The molecule has 0 unspecified atom stereocenters. The molecule has 0 bridgehead atoms. The van der Waals surface area contributed by atoms with Crippen LogP contribution in [0.5, 0.6) is 0 Å². The highest BCUT2D eigenvalue weighted by atomic mass is 35.5. The lowest BCUT2D eigenvalue weighted by molar-refractivity contribution is 0.590. The van der Waals surface area contributed by atoms with Crippen molar-refractivity contribution in [2.24, 2.45) is 5.84 Å². The van der Waals surface area contributed by atoms with E-state index in [4.69, 9.17) is 29.0 Å². The molecule has 96 valence electrons. The van der Waals surface area contributed by atoms with Crippen LogP contribution < -0.4 is 11.3 Å². The van der Waals surface area contributed by atoms with Gasteiger partial charge in [-0.2, -0.15) is 0 Å². The first-order valence-corrected chi connectivity index (χ1v) is 6.35. The summed E-state index contributed by atoms with van der Waals surface area (Å²) in [6, 6.07) is 5.50. The van der Waals surface area contributed by atoms with Crippen molar-refractivity contribution in [1.82, 2.24) is 4.98 Å². The van der Waals surface area contributed by atoms with Gasteiger partial charge >= 0.3 is 0 Å². The lowest BCUT2D eigenvalue weighted by atomic mass is 9.86. The van der Waals surface area contributed by atoms with Crippen molar-refractivity contribution in [1.29, 1.82) is 0 Å². The van der Waals surface area contributed by atoms with Gasteiger partial charge in [-0.05, 0) is 23.6 Å². The summed E-state index contributed by atoms with van der Waals surface area (Å²) in [6.07, 6.45) is 0. The number of nitrogens with one attached hydrogen (secondary N) is 1. The van der Waals surface area contributed by atoms with Gasteiger partial charge in [-0.1, -0.05) is 44.0 Å². The Labute approximate surface area is 116 Å². The normalized spacial score (nSPS) is 11.9. The molecule has 0 radical (unpaired) electrons. The third kappa shape index (κ3) is 2.39. The van der Waals surface area contributed by atoms with Crippen LogP contribution in [0.2, 0.25) is 10.0 Å². The number of hydrazine groups is 1. The van der Waals surface area contributed by atoms with Gasteiger partial charge in [0.1, 0.15) is 5.82 Å². The van der Waals surface area contributed by atoms with Crippen LogP contribution in [0, 0.1) is 0 Å². The van der Waals surface area contributed by atoms with E-state index in [1.165, 1.54) is 0 Å². The van der Waals surface area contributed by atoms with E-state index in [-0.39, 0.29) is 5.41 Å². The second-order valence-electron chi connectivity index (χ2n) is 5.23. The van der Waals surface area contributed by atoms with Crippen LogP contribution in [-0.4, -0.2) is 4.98 Å². The summed E-state index contributed by atoms with van der Waals surface area (Å²) in [4.78, 5) is 4.48. The third-order valence-corrected chi connectivity index (χ3v) is 3.32. The van der Waals surface area contributed by atoms with Crippen LogP contribution in [0.25, 0.3) is 10.9 Å². The molecule has 0 saturated heterocycles. The molecule has 1 aromatic heterocycles. The predicted molar refractivity (Wildman–Crippen MR) is 78.3 cm³/mol. The van der Waals surface area contributed by atoms with Crippen molar-refractivity contribution >= 4 is 39.9 Å². The van der Waals surface area contributed by atoms with Crippen LogP contribution in [-0.2, 0) is 5.41 Å². The van der Waals surface area contributed by atoms with Crippen LogP contribution in [0.3, 0.4) is 0 Å². The molecule has 5 heteroatoms. The number of nitrogen functional groups attached to an aromatic ring is 1. The lowest BCUT2D eigenvalue weighted by Crippen LogP contribution is -2.19. The fraction of sp³-hybridized carbons (Fsp3) is 0.308.